The Morgan fingerprint density at radius 2 is 1.65 bits per heavy atom. The molecule has 0 radical (unpaired) electrons. The average Bonchev–Trinajstić information content (AvgIpc) is 2.72. The second kappa shape index (κ2) is 4.68. The molecule has 0 amide bonds. The van der Waals surface area contributed by atoms with Crippen molar-refractivity contribution in [2.24, 2.45) is 34.5 Å². The van der Waals surface area contributed by atoms with Gasteiger partial charge in [0.15, 0.2) is 0 Å². The fourth-order valence-electron chi connectivity index (χ4n) is 7.08. The Bertz CT molecular complexity index is 565. The highest BCUT2D eigenvalue weighted by Crippen LogP contribution is 2.67. The lowest BCUT2D eigenvalue weighted by molar-refractivity contribution is -0.166. The predicted octanol–water partition coefficient (Wildman–Crippen LogP) is 3.53. The van der Waals surface area contributed by atoms with E-state index in [0.717, 1.165) is 32.1 Å². The van der Waals surface area contributed by atoms with Crippen LogP contribution in [0.25, 0.3) is 0 Å². The first-order chi connectivity index (χ1) is 10.7. The van der Waals surface area contributed by atoms with E-state index < -0.39 is 5.60 Å². The molecule has 4 rings (SSSR count). The largest absolute Gasteiger partial charge is 0.390 e. The molecular formula is C20H30O3. The van der Waals surface area contributed by atoms with Crippen molar-refractivity contribution in [2.75, 3.05) is 0 Å². The highest BCUT2D eigenvalue weighted by molar-refractivity contribution is 5.90. The van der Waals surface area contributed by atoms with E-state index in [-0.39, 0.29) is 22.5 Å². The van der Waals surface area contributed by atoms with Gasteiger partial charge in [0.25, 0.3) is 0 Å². The molecule has 3 nitrogen and oxygen atoms in total. The van der Waals surface area contributed by atoms with Crippen LogP contribution in [0.5, 0.6) is 0 Å². The second-order valence-electron chi connectivity index (χ2n) is 9.62. The van der Waals surface area contributed by atoms with Crippen LogP contribution in [0.4, 0.5) is 0 Å². The SMILES string of the molecule is C[C@]12CCC(=O)C[C@@H]1C(=O)C[C@@H]1[C@@H]2CC[C@@]2(C)[C@H]1CC[C@]2(C)O. The van der Waals surface area contributed by atoms with E-state index in [9.17, 15) is 14.7 Å². The van der Waals surface area contributed by atoms with Crippen molar-refractivity contribution in [3.63, 3.8) is 0 Å². The van der Waals surface area contributed by atoms with Crippen molar-refractivity contribution < 1.29 is 14.7 Å². The molecule has 0 aromatic rings. The fraction of sp³-hybridized carbons (Fsp3) is 0.900. The Morgan fingerprint density at radius 3 is 2.39 bits per heavy atom. The first-order valence-corrected chi connectivity index (χ1v) is 9.46. The predicted molar refractivity (Wildman–Crippen MR) is 87.7 cm³/mol. The topological polar surface area (TPSA) is 54.4 Å². The quantitative estimate of drug-likeness (QED) is 0.743. The summed E-state index contributed by atoms with van der Waals surface area (Å²) in [6.07, 6.45) is 6.78. The summed E-state index contributed by atoms with van der Waals surface area (Å²) in [6, 6.07) is 0. The highest BCUT2D eigenvalue weighted by atomic mass is 16.3. The molecule has 0 unspecified atom stereocenters. The third-order valence-electron chi connectivity index (χ3n) is 8.84. The highest BCUT2D eigenvalue weighted by Gasteiger charge is 2.64. The van der Waals surface area contributed by atoms with E-state index in [0.29, 0.717) is 42.8 Å². The van der Waals surface area contributed by atoms with Gasteiger partial charge >= 0.3 is 0 Å². The molecule has 23 heavy (non-hydrogen) atoms. The lowest BCUT2D eigenvalue weighted by Crippen LogP contribution is -2.58. The van der Waals surface area contributed by atoms with Gasteiger partial charge < -0.3 is 5.11 Å². The van der Waals surface area contributed by atoms with E-state index in [4.69, 9.17) is 0 Å². The molecule has 0 saturated heterocycles. The Balaban J connectivity index is 1.70. The summed E-state index contributed by atoms with van der Waals surface area (Å²) in [6.45, 7) is 6.54. The van der Waals surface area contributed by atoms with E-state index in [1.165, 1.54) is 0 Å². The van der Waals surface area contributed by atoms with Crippen molar-refractivity contribution >= 4 is 11.6 Å². The maximum absolute atomic E-state index is 12.9. The summed E-state index contributed by atoms with van der Waals surface area (Å²) in [4.78, 5) is 24.8. The molecule has 4 saturated carbocycles. The van der Waals surface area contributed by atoms with E-state index in [1.807, 2.05) is 6.92 Å². The van der Waals surface area contributed by atoms with Crippen LogP contribution in [-0.2, 0) is 9.59 Å². The van der Waals surface area contributed by atoms with Crippen LogP contribution in [0.2, 0.25) is 0 Å². The molecule has 0 aliphatic heterocycles. The van der Waals surface area contributed by atoms with Gasteiger partial charge in [0.2, 0.25) is 0 Å². The van der Waals surface area contributed by atoms with Gasteiger partial charge in [-0.15, -0.1) is 0 Å². The molecule has 0 bridgehead atoms. The average molecular weight is 318 g/mol. The van der Waals surface area contributed by atoms with Gasteiger partial charge in [0.05, 0.1) is 5.60 Å². The van der Waals surface area contributed by atoms with Crippen molar-refractivity contribution in [1.29, 1.82) is 0 Å². The Labute approximate surface area is 139 Å². The lowest BCUT2D eigenvalue weighted by atomic mass is 9.44. The van der Waals surface area contributed by atoms with Crippen LogP contribution in [0.15, 0.2) is 0 Å². The van der Waals surface area contributed by atoms with Crippen molar-refractivity contribution in [3.05, 3.63) is 0 Å². The summed E-state index contributed by atoms with van der Waals surface area (Å²) < 4.78 is 0. The van der Waals surface area contributed by atoms with Crippen LogP contribution in [-0.4, -0.2) is 22.3 Å². The van der Waals surface area contributed by atoms with Gasteiger partial charge in [-0.25, -0.2) is 0 Å². The maximum atomic E-state index is 12.9. The zero-order valence-electron chi connectivity index (χ0n) is 14.7. The summed E-state index contributed by atoms with van der Waals surface area (Å²) in [5.41, 5.74) is -0.613. The summed E-state index contributed by atoms with van der Waals surface area (Å²) in [5, 5.41) is 10.9. The molecule has 4 aliphatic rings. The zero-order valence-corrected chi connectivity index (χ0v) is 14.7. The number of hydrogen-bond acceptors (Lipinski definition) is 3. The number of carbonyl (C=O) groups excluding carboxylic acids is 2. The molecule has 4 aliphatic carbocycles. The van der Waals surface area contributed by atoms with Gasteiger partial charge in [-0.3, -0.25) is 9.59 Å². The van der Waals surface area contributed by atoms with Gasteiger partial charge in [-0.05, 0) is 67.6 Å². The lowest BCUT2D eigenvalue weighted by Gasteiger charge is -2.60. The van der Waals surface area contributed by atoms with Crippen molar-refractivity contribution in [3.8, 4) is 0 Å². The number of hydrogen-bond donors (Lipinski definition) is 1. The number of carbonyl (C=O) groups is 2. The number of ketones is 2. The monoisotopic (exact) mass is 318 g/mol. The third-order valence-corrected chi connectivity index (χ3v) is 8.84. The Hall–Kier alpha value is -0.700. The van der Waals surface area contributed by atoms with Crippen LogP contribution in [0.1, 0.15) is 72.1 Å². The molecule has 0 spiro atoms. The van der Waals surface area contributed by atoms with Gasteiger partial charge in [-0.2, -0.15) is 0 Å². The number of rotatable bonds is 0. The first-order valence-electron chi connectivity index (χ1n) is 9.46. The first kappa shape index (κ1) is 15.8. The molecule has 0 heterocycles. The number of Topliss-reactive ketones (excluding diaryl/α,β-unsaturated/α-hetero) is 2. The van der Waals surface area contributed by atoms with Crippen LogP contribution in [0, 0.1) is 34.5 Å². The van der Waals surface area contributed by atoms with Crippen LogP contribution >= 0.6 is 0 Å². The van der Waals surface area contributed by atoms with Crippen LogP contribution in [0.3, 0.4) is 0 Å². The normalized spacial score (nSPS) is 56.0. The molecule has 7 atom stereocenters. The maximum Gasteiger partial charge on any atom is 0.137 e. The third kappa shape index (κ3) is 1.92. The standard InChI is InChI=1S/C20H30O3/c1-18-7-4-12(21)10-16(18)17(22)11-13-14(18)5-8-19(2)15(13)6-9-20(19,3)23/h13-16,23H,4-11H2,1-3H3/t13-,14+,15+,16-,18-,19+,20+/m1/s1. The number of fused-ring (bicyclic) bond motifs is 5. The molecule has 128 valence electrons. The minimum absolute atomic E-state index is 0.0175. The smallest absolute Gasteiger partial charge is 0.137 e. The molecule has 0 aromatic carbocycles. The second-order valence-corrected chi connectivity index (χ2v) is 9.62. The van der Waals surface area contributed by atoms with Crippen molar-refractivity contribution in [1.82, 2.24) is 0 Å². The summed E-state index contributed by atoms with van der Waals surface area (Å²) >= 11 is 0. The number of aliphatic hydroxyl groups is 1. The molecule has 0 aromatic heterocycles. The molecule has 4 fully saturated rings. The molecular weight excluding hydrogens is 288 g/mol. The minimum Gasteiger partial charge on any atom is -0.390 e. The Morgan fingerprint density at radius 1 is 0.957 bits per heavy atom. The zero-order chi connectivity index (χ0) is 16.6. The molecule has 1 N–H and O–H groups in total. The van der Waals surface area contributed by atoms with Gasteiger partial charge in [0.1, 0.15) is 11.6 Å². The summed E-state index contributed by atoms with van der Waals surface area (Å²) in [5.74, 6) is 2.03. The van der Waals surface area contributed by atoms with Gasteiger partial charge in [-0.1, -0.05) is 13.8 Å². The fourth-order valence-corrected chi connectivity index (χ4v) is 7.08. The summed E-state index contributed by atoms with van der Waals surface area (Å²) in [7, 11) is 0. The van der Waals surface area contributed by atoms with Crippen molar-refractivity contribution in [2.45, 2.75) is 77.7 Å². The van der Waals surface area contributed by atoms with Crippen LogP contribution < -0.4 is 0 Å². The van der Waals surface area contributed by atoms with E-state index in [2.05, 4.69) is 13.8 Å². The van der Waals surface area contributed by atoms with E-state index in [1.54, 1.807) is 0 Å². The Kier molecular flexibility index (Phi) is 3.22. The minimum atomic E-state index is -0.591. The van der Waals surface area contributed by atoms with Gasteiger partial charge in [0, 0.05) is 25.2 Å². The van der Waals surface area contributed by atoms with E-state index >= 15 is 0 Å². The molecule has 3 heteroatoms.